The summed E-state index contributed by atoms with van der Waals surface area (Å²) in [5, 5.41) is 9.77. The number of aliphatic hydroxyl groups excluding tert-OH is 1. The Bertz CT molecular complexity index is 401. The van der Waals surface area contributed by atoms with Gasteiger partial charge in [-0.05, 0) is 44.7 Å². The number of hydrogen-bond acceptors (Lipinski definition) is 2. The summed E-state index contributed by atoms with van der Waals surface area (Å²) in [5.74, 6) is 0.421. The molecule has 0 heterocycles. The van der Waals surface area contributed by atoms with Crippen LogP contribution in [0.4, 0.5) is 10.1 Å². The van der Waals surface area contributed by atoms with E-state index in [4.69, 9.17) is 0 Å². The van der Waals surface area contributed by atoms with Gasteiger partial charge >= 0.3 is 0 Å². The minimum atomic E-state index is -0.767. The van der Waals surface area contributed by atoms with Crippen molar-refractivity contribution in [1.29, 1.82) is 0 Å². The van der Waals surface area contributed by atoms with E-state index in [1.807, 2.05) is 6.07 Å². The average molecular weight is 251 g/mol. The maximum Gasteiger partial charge on any atom is 0.131 e. The Labute approximate surface area is 108 Å². The lowest BCUT2D eigenvalue weighted by Crippen LogP contribution is -2.33. The van der Waals surface area contributed by atoms with Gasteiger partial charge in [-0.3, -0.25) is 0 Å². The molecule has 2 nitrogen and oxygen atoms in total. The molecule has 3 heteroatoms. The largest absolute Gasteiger partial charge is 0.389 e. The molecule has 0 radical (unpaired) electrons. The van der Waals surface area contributed by atoms with E-state index in [1.54, 1.807) is 13.0 Å². The van der Waals surface area contributed by atoms with Crippen LogP contribution < -0.4 is 4.90 Å². The van der Waals surface area contributed by atoms with Crippen molar-refractivity contribution >= 4 is 5.69 Å². The van der Waals surface area contributed by atoms with Crippen molar-refractivity contribution in [2.75, 3.05) is 18.0 Å². The van der Waals surface area contributed by atoms with E-state index < -0.39 is 6.10 Å². The lowest BCUT2D eigenvalue weighted by atomic mass is 9.85. The van der Waals surface area contributed by atoms with Crippen molar-refractivity contribution in [2.45, 2.75) is 39.2 Å². The first-order chi connectivity index (χ1) is 8.63. The molecule has 1 unspecified atom stereocenters. The van der Waals surface area contributed by atoms with E-state index in [0.29, 0.717) is 5.56 Å². The van der Waals surface area contributed by atoms with Crippen LogP contribution in [0.3, 0.4) is 0 Å². The number of anilines is 1. The Hall–Kier alpha value is -1.09. The molecule has 0 bridgehead atoms. The highest BCUT2D eigenvalue weighted by atomic mass is 19.1. The van der Waals surface area contributed by atoms with Crippen molar-refractivity contribution in [1.82, 2.24) is 0 Å². The molecule has 1 aromatic rings. The fraction of sp³-hybridized carbons (Fsp3) is 0.600. The monoisotopic (exact) mass is 251 g/mol. The molecule has 0 saturated heterocycles. The summed E-state index contributed by atoms with van der Waals surface area (Å²) >= 11 is 0. The van der Waals surface area contributed by atoms with Gasteiger partial charge in [-0.15, -0.1) is 0 Å². The molecule has 2 rings (SSSR count). The predicted octanol–water partition coefficient (Wildman–Crippen LogP) is 3.51. The fourth-order valence-electron chi connectivity index (χ4n) is 2.60. The van der Waals surface area contributed by atoms with Crippen molar-refractivity contribution in [3.63, 3.8) is 0 Å². The highest BCUT2D eigenvalue weighted by Crippen LogP contribution is 2.33. The van der Waals surface area contributed by atoms with Gasteiger partial charge in [0, 0.05) is 24.3 Å². The average Bonchev–Trinajstić information content (AvgIpc) is 2.27. The van der Waals surface area contributed by atoms with Crippen LogP contribution in [0.5, 0.6) is 0 Å². The smallest absolute Gasteiger partial charge is 0.131 e. The minimum Gasteiger partial charge on any atom is -0.389 e. The van der Waals surface area contributed by atoms with Crippen LogP contribution >= 0.6 is 0 Å². The molecule has 1 N–H and O–H groups in total. The summed E-state index contributed by atoms with van der Waals surface area (Å²) in [6.45, 7) is 5.52. The molecule has 1 aliphatic carbocycles. The van der Waals surface area contributed by atoms with Gasteiger partial charge in [-0.2, -0.15) is 0 Å². The van der Waals surface area contributed by atoms with Crippen molar-refractivity contribution < 1.29 is 9.50 Å². The van der Waals surface area contributed by atoms with Crippen LogP contribution in [0.25, 0.3) is 0 Å². The number of hydrogen-bond donors (Lipinski definition) is 1. The number of halogens is 1. The number of benzene rings is 1. The van der Waals surface area contributed by atoms with Crippen LogP contribution in [-0.2, 0) is 0 Å². The van der Waals surface area contributed by atoms with Gasteiger partial charge in [0.1, 0.15) is 5.82 Å². The van der Waals surface area contributed by atoms with E-state index >= 15 is 0 Å². The van der Waals surface area contributed by atoms with Gasteiger partial charge in [0.15, 0.2) is 0 Å². The Kier molecular flexibility index (Phi) is 4.23. The summed E-state index contributed by atoms with van der Waals surface area (Å²) in [6, 6.07) is 5.05. The Morgan fingerprint density at radius 2 is 2.17 bits per heavy atom. The summed E-state index contributed by atoms with van der Waals surface area (Å²) in [7, 11) is 0. The molecule has 1 saturated carbocycles. The summed E-state index contributed by atoms with van der Waals surface area (Å²) in [6.07, 6.45) is 3.09. The van der Waals surface area contributed by atoms with Gasteiger partial charge in [-0.1, -0.05) is 12.5 Å². The van der Waals surface area contributed by atoms with Gasteiger partial charge < -0.3 is 10.0 Å². The fourth-order valence-corrected chi connectivity index (χ4v) is 2.60. The van der Waals surface area contributed by atoms with E-state index in [1.165, 1.54) is 25.3 Å². The van der Waals surface area contributed by atoms with Gasteiger partial charge in [-0.25, -0.2) is 4.39 Å². The van der Waals surface area contributed by atoms with Crippen molar-refractivity contribution in [3.05, 3.63) is 29.6 Å². The van der Waals surface area contributed by atoms with Crippen LogP contribution in [0, 0.1) is 11.7 Å². The zero-order valence-electron chi connectivity index (χ0n) is 11.2. The van der Waals surface area contributed by atoms with Crippen LogP contribution in [0.1, 0.15) is 44.8 Å². The van der Waals surface area contributed by atoms with E-state index in [9.17, 15) is 9.50 Å². The summed E-state index contributed by atoms with van der Waals surface area (Å²) in [4.78, 5) is 2.19. The van der Waals surface area contributed by atoms with Gasteiger partial charge in [0.25, 0.3) is 0 Å². The lowest BCUT2D eigenvalue weighted by Gasteiger charge is -2.34. The second-order valence-corrected chi connectivity index (χ2v) is 5.18. The van der Waals surface area contributed by atoms with Crippen molar-refractivity contribution in [3.8, 4) is 0 Å². The second-order valence-electron chi connectivity index (χ2n) is 5.18. The molecule has 0 aliphatic heterocycles. The highest BCUT2D eigenvalue weighted by molar-refractivity contribution is 5.55. The third-order valence-electron chi connectivity index (χ3n) is 3.87. The summed E-state index contributed by atoms with van der Waals surface area (Å²) < 4.78 is 13.8. The molecule has 18 heavy (non-hydrogen) atoms. The molecular weight excluding hydrogens is 229 g/mol. The first-order valence-corrected chi connectivity index (χ1v) is 6.85. The zero-order chi connectivity index (χ0) is 13.1. The molecule has 1 aromatic carbocycles. The summed E-state index contributed by atoms with van der Waals surface area (Å²) in [5.41, 5.74) is 1.28. The molecule has 1 fully saturated rings. The molecule has 0 amide bonds. The molecule has 0 aromatic heterocycles. The SMILES string of the molecule is CCN(CC1CCC1)c1cccc(F)c1C(C)O. The minimum absolute atomic E-state index is 0.311. The Morgan fingerprint density at radius 3 is 2.67 bits per heavy atom. The van der Waals surface area contributed by atoms with Gasteiger partial charge in [0.2, 0.25) is 0 Å². The van der Waals surface area contributed by atoms with E-state index in [2.05, 4.69) is 11.8 Å². The third kappa shape index (κ3) is 2.66. The number of aliphatic hydroxyl groups is 1. The number of nitrogens with zero attached hydrogens (tertiary/aromatic N) is 1. The maximum absolute atomic E-state index is 13.8. The standard InChI is InChI=1S/C15H22FNO/c1-3-17(10-12-6-4-7-12)14-9-5-8-13(16)15(14)11(2)18/h5,8-9,11-12,18H,3-4,6-7,10H2,1-2H3. The Morgan fingerprint density at radius 1 is 1.44 bits per heavy atom. The quantitative estimate of drug-likeness (QED) is 0.865. The molecule has 100 valence electrons. The first kappa shape index (κ1) is 13.3. The number of rotatable bonds is 5. The van der Waals surface area contributed by atoms with Crippen LogP contribution in [0.15, 0.2) is 18.2 Å². The highest BCUT2D eigenvalue weighted by Gasteiger charge is 2.23. The third-order valence-corrected chi connectivity index (χ3v) is 3.87. The predicted molar refractivity (Wildman–Crippen MR) is 72.3 cm³/mol. The van der Waals surface area contributed by atoms with Crippen LogP contribution in [0.2, 0.25) is 0 Å². The molecule has 0 spiro atoms. The second kappa shape index (κ2) is 5.70. The van der Waals surface area contributed by atoms with Crippen molar-refractivity contribution in [2.24, 2.45) is 5.92 Å². The van der Waals surface area contributed by atoms with Gasteiger partial charge in [0.05, 0.1) is 6.10 Å². The first-order valence-electron chi connectivity index (χ1n) is 6.85. The lowest BCUT2D eigenvalue weighted by molar-refractivity contribution is 0.194. The maximum atomic E-state index is 13.8. The topological polar surface area (TPSA) is 23.5 Å². The van der Waals surface area contributed by atoms with Crippen LogP contribution in [-0.4, -0.2) is 18.2 Å². The molecular formula is C15H22FNO. The normalized spacial score (nSPS) is 17.3. The Balaban J connectivity index is 2.25. The van der Waals surface area contributed by atoms with E-state index in [-0.39, 0.29) is 5.82 Å². The van der Waals surface area contributed by atoms with E-state index in [0.717, 1.165) is 24.7 Å². The molecule has 1 aliphatic rings. The zero-order valence-corrected chi connectivity index (χ0v) is 11.2. The molecule has 1 atom stereocenters.